The highest BCUT2D eigenvalue weighted by Crippen LogP contribution is 2.34. The molecule has 0 radical (unpaired) electrons. The van der Waals surface area contributed by atoms with Crippen molar-refractivity contribution in [2.24, 2.45) is 0 Å². The maximum Gasteiger partial charge on any atom is 0.355 e. The number of allylic oxidation sites excluding steroid dienone is 1. The van der Waals surface area contributed by atoms with Crippen LogP contribution in [0.4, 0.5) is 0 Å². The van der Waals surface area contributed by atoms with Crippen LogP contribution in [-0.4, -0.2) is 18.9 Å². The van der Waals surface area contributed by atoms with Gasteiger partial charge < -0.3 is 9.47 Å². The molecule has 1 heterocycles. The van der Waals surface area contributed by atoms with E-state index < -0.39 is 11.6 Å². The smallest absolute Gasteiger partial charge is 0.355 e. The normalized spacial score (nSPS) is 23.0. The highest BCUT2D eigenvalue weighted by molar-refractivity contribution is 5.96. The molecule has 1 unspecified atom stereocenters. The summed E-state index contributed by atoms with van der Waals surface area (Å²) in [6.07, 6.45) is 2.51. The van der Waals surface area contributed by atoms with Crippen LogP contribution in [0, 0.1) is 0 Å². The van der Waals surface area contributed by atoms with Gasteiger partial charge in [0.2, 0.25) is 5.60 Å². The summed E-state index contributed by atoms with van der Waals surface area (Å²) in [6.45, 7) is 0. The number of carbonyl (C=O) groups is 2. The molecule has 0 fully saturated rings. The Morgan fingerprint density at radius 2 is 2.06 bits per heavy atom. The molecular weight excluding hydrogens is 220 g/mol. The molecule has 0 amide bonds. The van der Waals surface area contributed by atoms with E-state index in [4.69, 9.17) is 9.47 Å². The lowest BCUT2D eigenvalue weighted by molar-refractivity contribution is -0.168. The van der Waals surface area contributed by atoms with Crippen molar-refractivity contribution < 1.29 is 19.1 Å². The first-order valence-corrected chi connectivity index (χ1v) is 5.20. The Morgan fingerprint density at radius 3 is 2.65 bits per heavy atom. The molecule has 0 aliphatic carbocycles. The number of ether oxygens (including phenoxy) is 2. The molecular formula is C13H12O4. The first-order chi connectivity index (χ1) is 8.19. The molecule has 1 aromatic carbocycles. The van der Waals surface area contributed by atoms with E-state index in [1.165, 1.54) is 19.4 Å². The van der Waals surface area contributed by atoms with E-state index in [9.17, 15) is 9.59 Å². The third kappa shape index (κ3) is 1.93. The Balaban J connectivity index is 2.48. The standard InChI is InChI=1S/C13H12O4/c1-16-12(15)13(9-11(14)7-8-17-13)10-5-3-2-4-6-10/h2-8H,9H2,1H3. The zero-order valence-electron chi connectivity index (χ0n) is 9.38. The number of hydrogen-bond donors (Lipinski definition) is 0. The second-order valence-electron chi connectivity index (χ2n) is 3.75. The molecule has 88 valence electrons. The first kappa shape index (κ1) is 11.4. The van der Waals surface area contributed by atoms with Crippen molar-refractivity contribution >= 4 is 11.8 Å². The summed E-state index contributed by atoms with van der Waals surface area (Å²) >= 11 is 0. The lowest BCUT2D eigenvalue weighted by Crippen LogP contribution is -2.42. The third-order valence-electron chi connectivity index (χ3n) is 2.70. The summed E-state index contributed by atoms with van der Waals surface area (Å²) < 4.78 is 10.1. The summed E-state index contributed by atoms with van der Waals surface area (Å²) in [5, 5.41) is 0. The maximum absolute atomic E-state index is 11.9. The minimum absolute atomic E-state index is 0.0415. The zero-order valence-corrected chi connectivity index (χ0v) is 9.38. The van der Waals surface area contributed by atoms with Crippen molar-refractivity contribution in [2.75, 3.05) is 7.11 Å². The lowest BCUT2D eigenvalue weighted by Gasteiger charge is -2.31. The average Bonchev–Trinajstić information content (AvgIpc) is 2.38. The number of ketones is 1. The number of hydrogen-bond acceptors (Lipinski definition) is 4. The van der Waals surface area contributed by atoms with Crippen LogP contribution < -0.4 is 0 Å². The second kappa shape index (κ2) is 4.41. The topological polar surface area (TPSA) is 52.6 Å². The van der Waals surface area contributed by atoms with Gasteiger partial charge in [0, 0.05) is 11.6 Å². The van der Waals surface area contributed by atoms with E-state index in [2.05, 4.69) is 0 Å². The molecule has 4 heteroatoms. The summed E-state index contributed by atoms with van der Waals surface area (Å²) in [5.74, 6) is -0.730. The maximum atomic E-state index is 11.9. The molecule has 1 atom stereocenters. The summed E-state index contributed by atoms with van der Waals surface area (Å²) in [6, 6.07) is 8.88. The highest BCUT2D eigenvalue weighted by Gasteiger charge is 2.46. The van der Waals surface area contributed by atoms with E-state index >= 15 is 0 Å². The Hall–Kier alpha value is -2.10. The second-order valence-corrected chi connectivity index (χ2v) is 3.75. The fourth-order valence-electron chi connectivity index (χ4n) is 1.85. The van der Waals surface area contributed by atoms with E-state index in [1.807, 2.05) is 6.07 Å². The van der Waals surface area contributed by atoms with Crippen molar-refractivity contribution in [3.63, 3.8) is 0 Å². The van der Waals surface area contributed by atoms with Crippen LogP contribution in [0.15, 0.2) is 42.7 Å². The molecule has 17 heavy (non-hydrogen) atoms. The molecule has 0 bridgehead atoms. The molecule has 1 aliphatic rings. The predicted octanol–water partition coefficient (Wildman–Crippen LogP) is 1.56. The Bertz CT molecular complexity index is 464. The SMILES string of the molecule is COC(=O)C1(c2ccccc2)CC(=O)C=CO1. The van der Waals surface area contributed by atoms with Crippen LogP contribution in [-0.2, 0) is 24.7 Å². The lowest BCUT2D eigenvalue weighted by atomic mass is 9.87. The van der Waals surface area contributed by atoms with Crippen LogP contribution in [0.3, 0.4) is 0 Å². The van der Waals surface area contributed by atoms with Gasteiger partial charge in [0.25, 0.3) is 0 Å². The van der Waals surface area contributed by atoms with Gasteiger partial charge in [0.15, 0.2) is 5.78 Å². The monoisotopic (exact) mass is 232 g/mol. The van der Waals surface area contributed by atoms with Gasteiger partial charge in [0.05, 0.1) is 19.8 Å². The highest BCUT2D eigenvalue weighted by atomic mass is 16.6. The van der Waals surface area contributed by atoms with Crippen molar-refractivity contribution in [3.05, 3.63) is 48.2 Å². The van der Waals surface area contributed by atoms with Crippen LogP contribution in [0.5, 0.6) is 0 Å². The fourth-order valence-corrected chi connectivity index (χ4v) is 1.85. The van der Waals surface area contributed by atoms with Gasteiger partial charge in [0.1, 0.15) is 0 Å². The largest absolute Gasteiger partial charge is 0.478 e. The molecule has 0 aromatic heterocycles. The number of carbonyl (C=O) groups excluding carboxylic acids is 2. The zero-order chi connectivity index (χ0) is 12.3. The van der Waals surface area contributed by atoms with Gasteiger partial charge in [-0.3, -0.25) is 4.79 Å². The summed E-state index contributed by atoms with van der Waals surface area (Å²) in [4.78, 5) is 23.4. The number of esters is 1. The fraction of sp³-hybridized carbons (Fsp3) is 0.231. The third-order valence-corrected chi connectivity index (χ3v) is 2.70. The van der Waals surface area contributed by atoms with Crippen LogP contribution >= 0.6 is 0 Å². The number of methoxy groups -OCH3 is 1. The Morgan fingerprint density at radius 1 is 1.35 bits per heavy atom. The van der Waals surface area contributed by atoms with Crippen molar-refractivity contribution in [1.82, 2.24) is 0 Å². The van der Waals surface area contributed by atoms with Crippen LogP contribution in [0.2, 0.25) is 0 Å². The first-order valence-electron chi connectivity index (χ1n) is 5.20. The molecule has 0 spiro atoms. The summed E-state index contributed by atoms with van der Waals surface area (Å²) in [7, 11) is 1.28. The molecule has 1 aliphatic heterocycles. The van der Waals surface area contributed by atoms with E-state index in [-0.39, 0.29) is 12.2 Å². The number of benzene rings is 1. The van der Waals surface area contributed by atoms with E-state index in [1.54, 1.807) is 24.3 Å². The van der Waals surface area contributed by atoms with Gasteiger partial charge in [-0.05, 0) is 0 Å². The molecule has 0 N–H and O–H groups in total. The van der Waals surface area contributed by atoms with Crippen LogP contribution in [0.25, 0.3) is 0 Å². The van der Waals surface area contributed by atoms with E-state index in [0.717, 1.165) is 0 Å². The van der Waals surface area contributed by atoms with Gasteiger partial charge >= 0.3 is 5.97 Å². The number of rotatable bonds is 2. The van der Waals surface area contributed by atoms with Gasteiger partial charge in [-0.25, -0.2) is 4.79 Å². The minimum Gasteiger partial charge on any atom is -0.478 e. The predicted molar refractivity (Wildman–Crippen MR) is 60.0 cm³/mol. The molecule has 4 nitrogen and oxygen atoms in total. The Labute approximate surface area is 98.8 Å². The molecule has 2 rings (SSSR count). The van der Waals surface area contributed by atoms with Crippen LogP contribution in [0.1, 0.15) is 12.0 Å². The molecule has 0 saturated carbocycles. The quantitative estimate of drug-likeness (QED) is 0.726. The van der Waals surface area contributed by atoms with Crippen molar-refractivity contribution in [3.8, 4) is 0 Å². The molecule has 1 aromatic rings. The van der Waals surface area contributed by atoms with Crippen molar-refractivity contribution in [1.29, 1.82) is 0 Å². The summed E-state index contributed by atoms with van der Waals surface area (Å²) in [5.41, 5.74) is -0.730. The average molecular weight is 232 g/mol. The molecule has 0 saturated heterocycles. The van der Waals surface area contributed by atoms with E-state index in [0.29, 0.717) is 5.56 Å². The van der Waals surface area contributed by atoms with Crippen molar-refractivity contribution in [2.45, 2.75) is 12.0 Å². The van der Waals surface area contributed by atoms with Gasteiger partial charge in [-0.1, -0.05) is 30.3 Å². The van der Waals surface area contributed by atoms with Gasteiger partial charge in [-0.15, -0.1) is 0 Å². The minimum atomic E-state index is -1.35. The Kier molecular flexibility index (Phi) is 2.95. The van der Waals surface area contributed by atoms with Gasteiger partial charge in [-0.2, -0.15) is 0 Å².